The van der Waals surface area contributed by atoms with Gasteiger partial charge in [0.1, 0.15) is 9.84 Å². The molecule has 0 N–H and O–H groups in total. The summed E-state index contributed by atoms with van der Waals surface area (Å²) in [6.45, 7) is 0. The maximum atomic E-state index is 12.1. The summed E-state index contributed by atoms with van der Waals surface area (Å²) in [5, 5.41) is 0. The Morgan fingerprint density at radius 3 is 2.60 bits per heavy atom. The molecule has 0 saturated carbocycles. The number of rotatable bonds is 4. The zero-order chi connectivity index (χ0) is 14.8. The fraction of sp³-hybridized carbons (Fsp3) is 0.533. The van der Waals surface area contributed by atoms with Gasteiger partial charge >= 0.3 is 0 Å². The van der Waals surface area contributed by atoms with Crippen LogP contribution in [0.1, 0.15) is 24.0 Å². The van der Waals surface area contributed by atoms with Crippen LogP contribution in [0.15, 0.2) is 24.3 Å². The number of sulfone groups is 1. The zero-order valence-electron chi connectivity index (χ0n) is 12.0. The Labute approximate surface area is 120 Å². The molecule has 110 valence electrons. The van der Waals surface area contributed by atoms with Crippen molar-refractivity contribution < 1.29 is 13.2 Å². The van der Waals surface area contributed by atoms with Gasteiger partial charge in [-0.15, -0.1) is 0 Å². The van der Waals surface area contributed by atoms with Crippen LogP contribution in [-0.2, 0) is 27.5 Å². The predicted molar refractivity (Wildman–Crippen MR) is 79.4 cm³/mol. The first-order valence-electron chi connectivity index (χ1n) is 6.87. The lowest BCUT2D eigenvalue weighted by molar-refractivity contribution is -0.131. The maximum Gasteiger partial charge on any atom is 0.223 e. The lowest BCUT2D eigenvalue weighted by Crippen LogP contribution is -2.41. The van der Waals surface area contributed by atoms with E-state index in [0.717, 1.165) is 25.5 Å². The fourth-order valence-electron chi connectivity index (χ4n) is 2.66. The predicted octanol–water partition coefficient (Wildman–Crippen LogP) is 1.44. The van der Waals surface area contributed by atoms with Crippen LogP contribution in [0.3, 0.4) is 0 Å². The third-order valence-electron chi connectivity index (χ3n) is 3.95. The van der Waals surface area contributed by atoms with Gasteiger partial charge in [0.05, 0.1) is 5.75 Å². The number of nitrogens with zero attached hydrogens (tertiary/aromatic N) is 1. The van der Waals surface area contributed by atoms with Crippen molar-refractivity contribution in [3.63, 3.8) is 0 Å². The number of carbonyl (C=O) groups excluding carboxylic acids is 1. The second kappa shape index (κ2) is 5.95. The standard InChI is InChI=1S/C15H21NO3S/c1-16(15(17)9-10-20(2,18)19)14-8-7-12-5-3-4-6-13(12)11-14/h3-6,14H,7-11H2,1-2H3/t14-/m1/s1. The molecule has 0 aromatic heterocycles. The van der Waals surface area contributed by atoms with Crippen molar-refractivity contribution >= 4 is 15.7 Å². The van der Waals surface area contributed by atoms with E-state index in [9.17, 15) is 13.2 Å². The van der Waals surface area contributed by atoms with E-state index in [-0.39, 0.29) is 24.1 Å². The van der Waals surface area contributed by atoms with Gasteiger partial charge in [-0.1, -0.05) is 24.3 Å². The van der Waals surface area contributed by atoms with E-state index in [1.807, 2.05) is 12.1 Å². The lowest BCUT2D eigenvalue weighted by atomic mass is 9.87. The number of fused-ring (bicyclic) bond motifs is 1. The Morgan fingerprint density at radius 1 is 1.30 bits per heavy atom. The SMILES string of the molecule is CN(C(=O)CCS(C)(=O)=O)[C@@H]1CCc2ccccc2C1. The fourth-order valence-corrected chi connectivity index (χ4v) is 3.21. The molecule has 1 aliphatic carbocycles. The second-order valence-corrected chi connectivity index (χ2v) is 7.81. The molecule has 0 spiro atoms. The van der Waals surface area contributed by atoms with Crippen molar-refractivity contribution in [3.8, 4) is 0 Å². The van der Waals surface area contributed by atoms with Crippen molar-refractivity contribution in [1.29, 1.82) is 0 Å². The van der Waals surface area contributed by atoms with Crippen molar-refractivity contribution in [2.24, 2.45) is 0 Å². The Bertz CT molecular complexity index is 595. The maximum absolute atomic E-state index is 12.1. The third kappa shape index (κ3) is 3.82. The Morgan fingerprint density at radius 2 is 1.95 bits per heavy atom. The summed E-state index contributed by atoms with van der Waals surface area (Å²) in [7, 11) is -1.30. The molecule has 0 heterocycles. The number of benzene rings is 1. The number of aryl methyl sites for hydroxylation is 1. The summed E-state index contributed by atoms with van der Waals surface area (Å²) >= 11 is 0. The van der Waals surface area contributed by atoms with Crippen LogP contribution in [-0.4, -0.2) is 44.3 Å². The number of carbonyl (C=O) groups is 1. The molecular weight excluding hydrogens is 274 g/mol. The molecule has 5 heteroatoms. The summed E-state index contributed by atoms with van der Waals surface area (Å²) in [6, 6.07) is 8.48. The summed E-state index contributed by atoms with van der Waals surface area (Å²) in [4.78, 5) is 13.8. The van der Waals surface area contributed by atoms with Gasteiger partial charge in [-0.25, -0.2) is 8.42 Å². The van der Waals surface area contributed by atoms with Crippen LogP contribution in [0, 0.1) is 0 Å². The first-order chi connectivity index (χ1) is 9.37. The van der Waals surface area contributed by atoms with E-state index in [1.165, 1.54) is 11.1 Å². The number of hydrogen-bond acceptors (Lipinski definition) is 3. The van der Waals surface area contributed by atoms with Crippen LogP contribution in [0.2, 0.25) is 0 Å². The van der Waals surface area contributed by atoms with E-state index in [1.54, 1.807) is 11.9 Å². The van der Waals surface area contributed by atoms with Crippen LogP contribution < -0.4 is 0 Å². The molecule has 0 radical (unpaired) electrons. The van der Waals surface area contributed by atoms with Crippen molar-refractivity contribution in [1.82, 2.24) is 4.90 Å². The van der Waals surface area contributed by atoms with Crippen molar-refractivity contribution in [3.05, 3.63) is 35.4 Å². The van der Waals surface area contributed by atoms with Crippen LogP contribution in [0.25, 0.3) is 0 Å². The minimum Gasteiger partial charge on any atom is -0.342 e. The van der Waals surface area contributed by atoms with Gasteiger partial charge in [-0.3, -0.25) is 4.79 Å². The van der Waals surface area contributed by atoms with Gasteiger partial charge in [0.15, 0.2) is 0 Å². The first kappa shape index (κ1) is 15.0. The van der Waals surface area contributed by atoms with Crippen molar-refractivity contribution in [2.75, 3.05) is 19.1 Å². The van der Waals surface area contributed by atoms with Gasteiger partial charge in [0.25, 0.3) is 0 Å². The monoisotopic (exact) mass is 295 g/mol. The van der Waals surface area contributed by atoms with E-state index >= 15 is 0 Å². The highest BCUT2D eigenvalue weighted by Gasteiger charge is 2.25. The normalized spacial score (nSPS) is 18.4. The highest BCUT2D eigenvalue weighted by molar-refractivity contribution is 7.90. The van der Waals surface area contributed by atoms with Gasteiger partial charge in [0.2, 0.25) is 5.91 Å². The highest BCUT2D eigenvalue weighted by Crippen LogP contribution is 2.24. The topological polar surface area (TPSA) is 54.5 Å². The number of amides is 1. The minimum absolute atomic E-state index is 0.0700. The Hall–Kier alpha value is -1.36. The Balaban J connectivity index is 1.97. The summed E-state index contributed by atoms with van der Waals surface area (Å²) in [5.41, 5.74) is 2.66. The molecule has 1 aromatic rings. The summed E-state index contributed by atoms with van der Waals surface area (Å²) in [5.74, 6) is -0.153. The molecule has 2 rings (SSSR count). The van der Waals surface area contributed by atoms with E-state index in [0.29, 0.717) is 0 Å². The summed E-state index contributed by atoms with van der Waals surface area (Å²) in [6.07, 6.45) is 4.02. The molecule has 1 aliphatic rings. The van der Waals surface area contributed by atoms with E-state index in [2.05, 4.69) is 12.1 Å². The third-order valence-corrected chi connectivity index (χ3v) is 4.89. The molecule has 1 aromatic carbocycles. The molecule has 0 bridgehead atoms. The van der Waals surface area contributed by atoms with Gasteiger partial charge in [-0.2, -0.15) is 0 Å². The first-order valence-corrected chi connectivity index (χ1v) is 8.93. The molecular formula is C15H21NO3S. The highest BCUT2D eigenvalue weighted by atomic mass is 32.2. The van der Waals surface area contributed by atoms with Crippen LogP contribution in [0.4, 0.5) is 0 Å². The smallest absolute Gasteiger partial charge is 0.223 e. The van der Waals surface area contributed by atoms with Gasteiger partial charge < -0.3 is 4.90 Å². The van der Waals surface area contributed by atoms with E-state index in [4.69, 9.17) is 0 Å². The quantitative estimate of drug-likeness (QED) is 0.844. The molecule has 0 aliphatic heterocycles. The molecule has 4 nitrogen and oxygen atoms in total. The van der Waals surface area contributed by atoms with Crippen molar-refractivity contribution in [2.45, 2.75) is 31.7 Å². The second-order valence-electron chi connectivity index (χ2n) is 5.55. The average molecular weight is 295 g/mol. The molecule has 0 saturated heterocycles. The molecule has 1 amide bonds. The molecule has 0 fully saturated rings. The average Bonchev–Trinajstić information content (AvgIpc) is 2.42. The lowest BCUT2D eigenvalue weighted by Gasteiger charge is -2.32. The van der Waals surface area contributed by atoms with Crippen LogP contribution in [0.5, 0.6) is 0 Å². The molecule has 1 atom stereocenters. The minimum atomic E-state index is -3.08. The largest absolute Gasteiger partial charge is 0.342 e. The molecule has 0 unspecified atom stereocenters. The Kier molecular flexibility index (Phi) is 4.48. The van der Waals surface area contributed by atoms with E-state index < -0.39 is 9.84 Å². The molecule has 20 heavy (non-hydrogen) atoms. The number of likely N-dealkylation sites (N-methyl/N-ethyl adjacent to an activating group) is 1. The zero-order valence-corrected chi connectivity index (χ0v) is 12.8. The summed E-state index contributed by atoms with van der Waals surface area (Å²) < 4.78 is 22.3. The van der Waals surface area contributed by atoms with Gasteiger partial charge in [-0.05, 0) is 30.4 Å². The van der Waals surface area contributed by atoms with Gasteiger partial charge in [0, 0.05) is 25.8 Å². The van der Waals surface area contributed by atoms with Crippen LogP contribution >= 0.6 is 0 Å². The number of hydrogen-bond donors (Lipinski definition) is 0.